The molecule has 2 aromatic carbocycles. The standard InChI is InChI=1S/C14H10ClNO3/c15-8-5-6-12(17)10(7-8)14(19)9-3-1-2-4-11(9)16-13(14)18/h1-7,17,19H,(H,16,18)/t14-/m0/s1. The van der Waals surface area contributed by atoms with Crippen LogP contribution in [-0.2, 0) is 10.4 Å². The summed E-state index contributed by atoms with van der Waals surface area (Å²) in [7, 11) is 0. The summed E-state index contributed by atoms with van der Waals surface area (Å²) in [4.78, 5) is 12.1. The van der Waals surface area contributed by atoms with E-state index in [-0.39, 0.29) is 11.3 Å². The van der Waals surface area contributed by atoms with Crippen LogP contribution in [-0.4, -0.2) is 16.1 Å². The van der Waals surface area contributed by atoms with Gasteiger partial charge in [-0.05, 0) is 24.3 Å². The molecule has 5 heteroatoms. The summed E-state index contributed by atoms with van der Waals surface area (Å²) < 4.78 is 0. The topological polar surface area (TPSA) is 69.6 Å². The van der Waals surface area contributed by atoms with Crippen LogP contribution in [0.3, 0.4) is 0 Å². The van der Waals surface area contributed by atoms with Crippen LogP contribution in [0.1, 0.15) is 11.1 Å². The number of para-hydroxylation sites is 1. The Labute approximate surface area is 114 Å². The van der Waals surface area contributed by atoms with Gasteiger partial charge in [-0.3, -0.25) is 4.79 Å². The molecule has 0 aromatic heterocycles. The number of halogens is 1. The van der Waals surface area contributed by atoms with Gasteiger partial charge < -0.3 is 15.5 Å². The summed E-state index contributed by atoms with van der Waals surface area (Å²) in [5.74, 6) is -0.787. The van der Waals surface area contributed by atoms with Gasteiger partial charge in [-0.15, -0.1) is 0 Å². The number of aromatic hydroxyl groups is 1. The first-order valence-corrected chi connectivity index (χ1v) is 6.03. The maximum Gasteiger partial charge on any atom is 0.266 e. The molecule has 0 saturated carbocycles. The zero-order valence-electron chi connectivity index (χ0n) is 9.72. The minimum atomic E-state index is -1.93. The first kappa shape index (κ1) is 12.0. The van der Waals surface area contributed by atoms with Gasteiger partial charge in [0.2, 0.25) is 0 Å². The minimum Gasteiger partial charge on any atom is -0.508 e. The van der Waals surface area contributed by atoms with Crippen molar-refractivity contribution in [3.05, 3.63) is 58.6 Å². The number of nitrogens with one attached hydrogen (secondary N) is 1. The number of phenols is 1. The second-order valence-electron chi connectivity index (χ2n) is 4.37. The summed E-state index contributed by atoms with van der Waals surface area (Å²) >= 11 is 5.88. The van der Waals surface area contributed by atoms with E-state index in [2.05, 4.69) is 5.32 Å². The average Bonchev–Trinajstić information content (AvgIpc) is 2.66. The zero-order chi connectivity index (χ0) is 13.6. The Balaban J connectivity index is 2.28. The molecule has 19 heavy (non-hydrogen) atoms. The highest BCUT2D eigenvalue weighted by Gasteiger charge is 2.48. The van der Waals surface area contributed by atoms with Crippen LogP contribution < -0.4 is 5.32 Å². The number of aliphatic hydroxyl groups is 1. The molecule has 0 saturated heterocycles. The number of phenolic OH excluding ortho intramolecular Hbond substituents is 1. The van der Waals surface area contributed by atoms with Crippen LogP contribution in [0.5, 0.6) is 5.75 Å². The van der Waals surface area contributed by atoms with Gasteiger partial charge in [-0.1, -0.05) is 29.8 Å². The molecular weight excluding hydrogens is 266 g/mol. The monoisotopic (exact) mass is 275 g/mol. The van der Waals surface area contributed by atoms with Crippen molar-refractivity contribution in [2.24, 2.45) is 0 Å². The Morgan fingerprint density at radius 2 is 1.84 bits per heavy atom. The average molecular weight is 276 g/mol. The van der Waals surface area contributed by atoms with Crippen LogP contribution in [0.2, 0.25) is 5.02 Å². The fourth-order valence-electron chi connectivity index (χ4n) is 2.31. The molecule has 1 heterocycles. The number of hydrogen-bond donors (Lipinski definition) is 3. The normalized spacial score (nSPS) is 21.1. The van der Waals surface area contributed by atoms with Crippen molar-refractivity contribution in [3.63, 3.8) is 0 Å². The van der Waals surface area contributed by atoms with Crippen LogP contribution in [0, 0.1) is 0 Å². The van der Waals surface area contributed by atoms with Gasteiger partial charge in [0.1, 0.15) is 5.75 Å². The molecule has 3 N–H and O–H groups in total. The summed E-state index contributed by atoms with van der Waals surface area (Å²) in [5, 5.41) is 23.6. The number of rotatable bonds is 1. The fraction of sp³-hybridized carbons (Fsp3) is 0.0714. The van der Waals surface area contributed by atoms with Gasteiger partial charge in [-0.25, -0.2) is 0 Å². The maximum absolute atomic E-state index is 12.1. The van der Waals surface area contributed by atoms with Gasteiger partial charge in [0.05, 0.1) is 0 Å². The lowest BCUT2D eigenvalue weighted by Gasteiger charge is -2.22. The van der Waals surface area contributed by atoms with Crippen LogP contribution >= 0.6 is 11.6 Å². The third kappa shape index (κ3) is 1.61. The zero-order valence-corrected chi connectivity index (χ0v) is 10.5. The molecule has 0 fully saturated rings. The van der Waals surface area contributed by atoms with E-state index in [0.717, 1.165) is 0 Å². The minimum absolute atomic E-state index is 0.0717. The molecule has 96 valence electrons. The van der Waals surface area contributed by atoms with Crippen molar-refractivity contribution in [2.75, 3.05) is 5.32 Å². The quantitative estimate of drug-likeness (QED) is 0.747. The van der Waals surface area contributed by atoms with Gasteiger partial charge >= 0.3 is 0 Å². The highest BCUT2D eigenvalue weighted by Crippen LogP contribution is 2.44. The van der Waals surface area contributed by atoms with E-state index >= 15 is 0 Å². The number of benzene rings is 2. The summed E-state index contributed by atoms with van der Waals surface area (Å²) in [6, 6.07) is 11.0. The Kier molecular flexibility index (Phi) is 2.52. The molecule has 3 rings (SSSR count). The third-order valence-electron chi connectivity index (χ3n) is 3.24. The first-order valence-electron chi connectivity index (χ1n) is 5.66. The molecule has 4 nitrogen and oxygen atoms in total. The van der Waals surface area contributed by atoms with Crippen molar-refractivity contribution in [3.8, 4) is 5.75 Å². The molecule has 1 atom stereocenters. The highest BCUT2D eigenvalue weighted by molar-refractivity contribution is 6.30. The lowest BCUT2D eigenvalue weighted by molar-refractivity contribution is -0.129. The number of carbonyl (C=O) groups excluding carboxylic acids is 1. The summed E-state index contributed by atoms with van der Waals surface area (Å²) in [6.45, 7) is 0. The van der Waals surface area contributed by atoms with E-state index in [4.69, 9.17) is 11.6 Å². The molecule has 0 radical (unpaired) electrons. The van der Waals surface area contributed by atoms with Crippen molar-refractivity contribution in [2.45, 2.75) is 5.60 Å². The Morgan fingerprint density at radius 1 is 1.11 bits per heavy atom. The number of carbonyl (C=O) groups is 1. The molecule has 0 bridgehead atoms. The Hall–Kier alpha value is -2.04. The fourth-order valence-corrected chi connectivity index (χ4v) is 2.48. The molecule has 1 amide bonds. The predicted molar refractivity (Wildman–Crippen MR) is 71.2 cm³/mol. The molecule has 1 aliphatic heterocycles. The van der Waals surface area contributed by atoms with E-state index in [1.807, 2.05) is 0 Å². The molecule has 1 aliphatic rings. The number of anilines is 1. The van der Waals surface area contributed by atoms with Gasteiger partial charge in [0.25, 0.3) is 5.91 Å². The highest BCUT2D eigenvalue weighted by atomic mass is 35.5. The van der Waals surface area contributed by atoms with E-state index in [0.29, 0.717) is 16.3 Å². The van der Waals surface area contributed by atoms with Gasteiger partial charge in [-0.2, -0.15) is 0 Å². The molecule has 0 unspecified atom stereocenters. The van der Waals surface area contributed by atoms with E-state index in [9.17, 15) is 15.0 Å². The summed E-state index contributed by atoms with van der Waals surface area (Å²) in [6.07, 6.45) is 0. The third-order valence-corrected chi connectivity index (χ3v) is 3.48. The first-order chi connectivity index (χ1) is 9.03. The Morgan fingerprint density at radius 3 is 2.63 bits per heavy atom. The van der Waals surface area contributed by atoms with Crippen molar-refractivity contribution in [1.82, 2.24) is 0 Å². The predicted octanol–water partition coefficient (Wildman–Crippen LogP) is 2.23. The molecule has 0 aliphatic carbocycles. The summed E-state index contributed by atoms with van der Waals surface area (Å²) in [5.41, 5.74) is -0.930. The van der Waals surface area contributed by atoms with Crippen LogP contribution in [0.15, 0.2) is 42.5 Å². The largest absolute Gasteiger partial charge is 0.508 e. The molecular formula is C14H10ClNO3. The SMILES string of the molecule is O=C1Nc2ccccc2[C@]1(O)c1cc(Cl)ccc1O. The van der Waals surface area contributed by atoms with E-state index in [1.54, 1.807) is 24.3 Å². The second kappa shape index (κ2) is 3.98. The number of hydrogen-bond acceptors (Lipinski definition) is 3. The molecule has 0 spiro atoms. The van der Waals surface area contributed by atoms with Gasteiger partial charge in [0, 0.05) is 21.8 Å². The Bertz CT molecular complexity index is 686. The van der Waals surface area contributed by atoms with Crippen molar-refractivity contribution >= 4 is 23.2 Å². The van der Waals surface area contributed by atoms with E-state index < -0.39 is 11.5 Å². The molecule has 2 aromatic rings. The number of fused-ring (bicyclic) bond motifs is 1. The van der Waals surface area contributed by atoms with Crippen molar-refractivity contribution in [1.29, 1.82) is 0 Å². The second-order valence-corrected chi connectivity index (χ2v) is 4.81. The lowest BCUT2D eigenvalue weighted by Crippen LogP contribution is -2.35. The van der Waals surface area contributed by atoms with E-state index in [1.165, 1.54) is 18.2 Å². The van der Waals surface area contributed by atoms with Gasteiger partial charge in [0.15, 0.2) is 5.60 Å². The van der Waals surface area contributed by atoms with Crippen molar-refractivity contribution < 1.29 is 15.0 Å². The lowest BCUT2D eigenvalue weighted by atomic mass is 9.87. The maximum atomic E-state index is 12.1. The van der Waals surface area contributed by atoms with Crippen LogP contribution in [0.25, 0.3) is 0 Å². The smallest absolute Gasteiger partial charge is 0.266 e. The number of amides is 1. The van der Waals surface area contributed by atoms with Crippen LogP contribution in [0.4, 0.5) is 5.69 Å².